The van der Waals surface area contributed by atoms with E-state index in [4.69, 9.17) is 4.42 Å². The number of benzene rings is 9. The minimum Gasteiger partial charge on any atom is -0.455 e. The summed E-state index contributed by atoms with van der Waals surface area (Å²) >= 11 is 0. The Morgan fingerprint density at radius 3 is 1.70 bits per heavy atom. The van der Waals surface area contributed by atoms with Crippen molar-refractivity contribution < 1.29 is 4.42 Å². The number of furan rings is 1. The summed E-state index contributed by atoms with van der Waals surface area (Å²) in [7, 11) is 0. The minimum absolute atomic E-state index is 0.910. The average molecular weight is 597 g/mol. The summed E-state index contributed by atoms with van der Waals surface area (Å²) in [6.07, 6.45) is 0. The van der Waals surface area contributed by atoms with Gasteiger partial charge in [0.05, 0.1) is 0 Å². The highest BCUT2D eigenvalue weighted by molar-refractivity contribution is 6.26. The third kappa shape index (κ3) is 3.97. The summed E-state index contributed by atoms with van der Waals surface area (Å²) < 4.78 is 6.67. The van der Waals surface area contributed by atoms with Gasteiger partial charge in [0.15, 0.2) is 0 Å². The van der Waals surface area contributed by atoms with Crippen LogP contribution in [-0.2, 0) is 0 Å². The van der Waals surface area contributed by atoms with Gasteiger partial charge >= 0.3 is 0 Å². The fourth-order valence-corrected chi connectivity index (χ4v) is 7.69. The number of rotatable bonds is 3. The molecule has 10 rings (SSSR count). The van der Waals surface area contributed by atoms with Crippen molar-refractivity contribution in [1.29, 1.82) is 0 Å². The monoisotopic (exact) mass is 596 g/mol. The standard InChI is InChI=1S/C46H28O/c1-2-13-31-27-32(24-23-29(31)11-1)33-25-26-39-42(28-33)45(41-21-10-20-40-35-16-7-8-22-43(35)47-46(40)41)38-18-6-5-17-37(38)44(39)36-19-9-14-30-12-3-4-15-34(30)36/h1-28H. The summed E-state index contributed by atoms with van der Waals surface area (Å²) in [5.41, 5.74) is 9.06. The van der Waals surface area contributed by atoms with Crippen LogP contribution in [0.2, 0.25) is 0 Å². The predicted molar refractivity (Wildman–Crippen MR) is 200 cm³/mol. The zero-order valence-corrected chi connectivity index (χ0v) is 25.6. The molecule has 0 saturated carbocycles. The topological polar surface area (TPSA) is 13.1 Å². The van der Waals surface area contributed by atoms with Crippen LogP contribution in [0.15, 0.2) is 174 Å². The van der Waals surface area contributed by atoms with Gasteiger partial charge in [-0.2, -0.15) is 0 Å². The number of para-hydroxylation sites is 2. The molecule has 1 aromatic heterocycles. The van der Waals surface area contributed by atoms with E-state index >= 15 is 0 Å². The Morgan fingerprint density at radius 1 is 0.298 bits per heavy atom. The second-order valence-electron chi connectivity index (χ2n) is 12.4. The lowest BCUT2D eigenvalue weighted by atomic mass is 9.83. The number of hydrogen-bond donors (Lipinski definition) is 0. The third-order valence-corrected chi connectivity index (χ3v) is 9.84. The molecule has 10 aromatic rings. The van der Waals surface area contributed by atoms with Gasteiger partial charge in [-0.3, -0.25) is 0 Å². The highest BCUT2D eigenvalue weighted by atomic mass is 16.3. The van der Waals surface area contributed by atoms with Gasteiger partial charge in [-0.25, -0.2) is 0 Å². The molecule has 0 saturated heterocycles. The van der Waals surface area contributed by atoms with E-state index in [1.807, 2.05) is 6.07 Å². The van der Waals surface area contributed by atoms with E-state index < -0.39 is 0 Å². The molecule has 0 unspecified atom stereocenters. The van der Waals surface area contributed by atoms with Crippen molar-refractivity contribution in [3.63, 3.8) is 0 Å². The highest BCUT2D eigenvalue weighted by Crippen LogP contribution is 2.48. The molecule has 1 nitrogen and oxygen atoms in total. The lowest BCUT2D eigenvalue weighted by Crippen LogP contribution is -1.93. The minimum atomic E-state index is 0.910. The molecule has 0 fully saturated rings. The Hall–Kier alpha value is -6.18. The Bertz CT molecular complexity index is 2850. The summed E-state index contributed by atoms with van der Waals surface area (Å²) in [6, 6.07) is 61.6. The molecule has 47 heavy (non-hydrogen) atoms. The van der Waals surface area contributed by atoms with Gasteiger partial charge in [-0.05, 0) is 83.5 Å². The predicted octanol–water partition coefficient (Wildman–Crippen LogP) is 13.2. The van der Waals surface area contributed by atoms with Gasteiger partial charge in [0.1, 0.15) is 11.2 Å². The largest absolute Gasteiger partial charge is 0.455 e. The molecule has 0 spiro atoms. The molecule has 0 bridgehead atoms. The van der Waals surface area contributed by atoms with E-state index in [1.54, 1.807) is 0 Å². The molecule has 0 atom stereocenters. The Morgan fingerprint density at radius 2 is 0.851 bits per heavy atom. The molecular weight excluding hydrogens is 569 g/mol. The van der Waals surface area contributed by atoms with Crippen molar-refractivity contribution in [1.82, 2.24) is 0 Å². The molecule has 0 aliphatic heterocycles. The molecule has 0 radical (unpaired) electrons. The summed E-state index contributed by atoms with van der Waals surface area (Å²) in [6.45, 7) is 0. The van der Waals surface area contributed by atoms with Gasteiger partial charge in [0, 0.05) is 21.9 Å². The Kier molecular flexibility index (Phi) is 5.64. The summed E-state index contributed by atoms with van der Waals surface area (Å²) in [5.74, 6) is 0. The van der Waals surface area contributed by atoms with Gasteiger partial charge in [0.2, 0.25) is 0 Å². The number of hydrogen-bond acceptors (Lipinski definition) is 1. The average Bonchev–Trinajstić information content (AvgIpc) is 3.52. The van der Waals surface area contributed by atoms with Crippen LogP contribution in [0.4, 0.5) is 0 Å². The van der Waals surface area contributed by atoms with Crippen LogP contribution in [0.25, 0.3) is 98.4 Å². The van der Waals surface area contributed by atoms with Crippen LogP contribution in [0.1, 0.15) is 0 Å². The first-order valence-electron chi connectivity index (χ1n) is 16.2. The van der Waals surface area contributed by atoms with Crippen LogP contribution in [0, 0.1) is 0 Å². The fourth-order valence-electron chi connectivity index (χ4n) is 7.69. The first-order valence-corrected chi connectivity index (χ1v) is 16.2. The quantitative estimate of drug-likeness (QED) is 0.185. The van der Waals surface area contributed by atoms with Crippen molar-refractivity contribution in [3.8, 4) is 33.4 Å². The van der Waals surface area contributed by atoms with Crippen molar-refractivity contribution in [2.24, 2.45) is 0 Å². The second kappa shape index (κ2) is 10.2. The van der Waals surface area contributed by atoms with Crippen LogP contribution < -0.4 is 0 Å². The zero-order valence-electron chi connectivity index (χ0n) is 25.6. The van der Waals surface area contributed by atoms with E-state index in [2.05, 4.69) is 164 Å². The molecule has 0 aliphatic carbocycles. The van der Waals surface area contributed by atoms with Gasteiger partial charge < -0.3 is 4.42 Å². The maximum absolute atomic E-state index is 6.67. The van der Waals surface area contributed by atoms with Crippen molar-refractivity contribution in [2.75, 3.05) is 0 Å². The molecule has 0 N–H and O–H groups in total. The first-order chi connectivity index (χ1) is 23.3. The molecule has 0 aliphatic rings. The van der Waals surface area contributed by atoms with E-state index in [-0.39, 0.29) is 0 Å². The van der Waals surface area contributed by atoms with Crippen LogP contribution >= 0.6 is 0 Å². The lowest BCUT2D eigenvalue weighted by Gasteiger charge is -2.20. The summed E-state index contributed by atoms with van der Waals surface area (Å²) in [4.78, 5) is 0. The lowest BCUT2D eigenvalue weighted by molar-refractivity contribution is 0.670. The van der Waals surface area contributed by atoms with E-state index in [0.29, 0.717) is 0 Å². The highest BCUT2D eigenvalue weighted by Gasteiger charge is 2.21. The van der Waals surface area contributed by atoms with Gasteiger partial charge in [-0.15, -0.1) is 0 Å². The van der Waals surface area contributed by atoms with Crippen molar-refractivity contribution >= 4 is 65.0 Å². The zero-order chi connectivity index (χ0) is 30.9. The number of fused-ring (bicyclic) bond motifs is 7. The van der Waals surface area contributed by atoms with Crippen molar-refractivity contribution in [2.45, 2.75) is 0 Å². The molecular formula is C46H28O. The van der Waals surface area contributed by atoms with E-state index in [9.17, 15) is 0 Å². The molecule has 218 valence electrons. The fraction of sp³-hybridized carbons (Fsp3) is 0. The van der Waals surface area contributed by atoms with Gasteiger partial charge in [0.25, 0.3) is 0 Å². The summed E-state index contributed by atoms with van der Waals surface area (Å²) in [5, 5.41) is 12.2. The van der Waals surface area contributed by atoms with E-state index in [1.165, 1.54) is 70.9 Å². The Balaban J connectivity index is 1.37. The SMILES string of the molecule is c1ccc2cc(-c3ccc4c(-c5cccc6ccccc56)c5ccccc5c(-c5cccc6c5oc5ccccc56)c4c3)ccc2c1. The van der Waals surface area contributed by atoms with Gasteiger partial charge in [-0.1, -0.05) is 152 Å². The van der Waals surface area contributed by atoms with Crippen LogP contribution in [0.5, 0.6) is 0 Å². The third-order valence-electron chi connectivity index (χ3n) is 9.84. The van der Waals surface area contributed by atoms with E-state index in [0.717, 1.165) is 27.5 Å². The normalized spacial score (nSPS) is 11.8. The maximum Gasteiger partial charge on any atom is 0.143 e. The smallest absolute Gasteiger partial charge is 0.143 e. The molecule has 0 amide bonds. The molecule has 1 heterocycles. The molecule has 1 heteroatoms. The van der Waals surface area contributed by atoms with Crippen LogP contribution in [0.3, 0.4) is 0 Å². The van der Waals surface area contributed by atoms with Crippen LogP contribution in [-0.4, -0.2) is 0 Å². The second-order valence-corrected chi connectivity index (χ2v) is 12.4. The van der Waals surface area contributed by atoms with Crippen molar-refractivity contribution in [3.05, 3.63) is 170 Å². The Labute approximate surface area is 271 Å². The molecule has 9 aromatic carbocycles. The maximum atomic E-state index is 6.67. The first kappa shape index (κ1) is 26.1.